The van der Waals surface area contributed by atoms with Crippen LogP contribution in [0.2, 0.25) is 0 Å². The average Bonchev–Trinajstić information content (AvgIpc) is 2.43. The molecule has 1 amide bonds. The summed E-state index contributed by atoms with van der Waals surface area (Å²) in [6.07, 6.45) is 1.11. The van der Waals surface area contributed by atoms with Crippen molar-refractivity contribution in [2.24, 2.45) is 0 Å². The van der Waals surface area contributed by atoms with Gasteiger partial charge in [0.25, 0.3) is 0 Å². The second-order valence-corrected chi connectivity index (χ2v) is 8.44. The van der Waals surface area contributed by atoms with Crippen LogP contribution in [-0.4, -0.2) is 61.8 Å². The molecular weight excluding hydrogens is 456 g/mol. The Morgan fingerprint density at radius 3 is 2.24 bits per heavy atom. The van der Waals surface area contributed by atoms with Crippen molar-refractivity contribution in [2.45, 2.75) is 25.8 Å². The van der Waals surface area contributed by atoms with Gasteiger partial charge in [0.15, 0.2) is 6.04 Å². The van der Waals surface area contributed by atoms with E-state index < -0.39 is 12.0 Å². The Labute approximate surface area is 165 Å². The van der Waals surface area contributed by atoms with Crippen molar-refractivity contribution in [3.8, 4) is 5.75 Å². The summed E-state index contributed by atoms with van der Waals surface area (Å²) >= 11 is 6.98. The van der Waals surface area contributed by atoms with Gasteiger partial charge >= 0.3 is 5.97 Å². The lowest BCUT2D eigenvalue weighted by atomic mass is 10.1. The number of carboxylic acids is 1. The van der Waals surface area contributed by atoms with E-state index in [4.69, 9.17) is 4.74 Å². The molecule has 1 aromatic carbocycles. The van der Waals surface area contributed by atoms with Crippen molar-refractivity contribution < 1.29 is 23.9 Å². The maximum absolute atomic E-state index is 11.4. The highest BCUT2D eigenvalue weighted by Gasteiger charge is 2.31. The molecule has 140 valence electrons. The minimum atomic E-state index is -0.831. The van der Waals surface area contributed by atoms with Crippen molar-refractivity contribution in [1.29, 1.82) is 0 Å². The Morgan fingerprint density at radius 2 is 1.80 bits per heavy atom. The van der Waals surface area contributed by atoms with E-state index in [0.29, 0.717) is 36.2 Å². The number of amides is 1. The molecule has 0 saturated heterocycles. The monoisotopic (exact) mass is 479 g/mol. The van der Waals surface area contributed by atoms with Crippen LogP contribution in [0, 0.1) is 0 Å². The van der Waals surface area contributed by atoms with Crippen LogP contribution in [0.5, 0.6) is 5.75 Å². The van der Waals surface area contributed by atoms with Crippen LogP contribution >= 0.6 is 31.9 Å². The number of likely N-dealkylation sites (N-methyl/N-ethyl adjacent to an activating group) is 1. The van der Waals surface area contributed by atoms with Gasteiger partial charge in [-0.1, -0.05) is 0 Å². The third kappa shape index (κ3) is 7.33. The molecule has 0 saturated carbocycles. The standard InChI is InChI=1S/C17H24Br2N2O4/c1-11(22)20-7-5-12-9-13(18)16(14(19)10-12)25-8-6-15(17(23)24)21(2,3)4/h9-10,15H,5-8H2,1-4H3,(H-,20,22,23,24)/p+1. The summed E-state index contributed by atoms with van der Waals surface area (Å²) in [5.41, 5.74) is 1.05. The molecule has 0 aliphatic heterocycles. The molecule has 1 atom stereocenters. The van der Waals surface area contributed by atoms with Gasteiger partial charge in [0.2, 0.25) is 5.91 Å². The number of aliphatic carboxylic acids is 1. The van der Waals surface area contributed by atoms with Crippen LogP contribution in [0.4, 0.5) is 0 Å². The summed E-state index contributed by atoms with van der Waals surface area (Å²) in [5, 5.41) is 12.1. The largest absolute Gasteiger partial charge is 0.491 e. The number of carbonyl (C=O) groups is 2. The summed E-state index contributed by atoms with van der Waals surface area (Å²) in [4.78, 5) is 22.3. The maximum Gasteiger partial charge on any atom is 0.362 e. The van der Waals surface area contributed by atoms with Crippen LogP contribution in [0.15, 0.2) is 21.1 Å². The fourth-order valence-electron chi connectivity index (χ4n) is 2.39. The highest BCUT2D eigenvalue weighted by Crippen LogP contribution is 2.35. The fourth-order valence-corrected chi connectivity index (χ4v) is 3.90. The van der Waals surface area contributed by atoms with E-state index in [9.17, 15) is 14.7 Å². The number of rotatable bonds is 9. The van der Waals surface area contributed by atoms with Gasteiger partial charge < -0.3 is 19.6 Å². The van der Waals surface area contributed by atoms with Gasteiger partial charge in [0.1, 0.15) is 5.75 Å². The van der Waals surface area contributed by atoms with Gasteiger partial charge in [-0.15, -0.1) is 0 Å². The third-order valence-electron chi connectivity index (χ3n) is 3.70. The summed E-state index contributed by atoms with van der Waals surface area (Å²) in [7, 11) is 5.57. The molecule has 1 aromatic rings. The fraction of sp³-hybridized carbons (Fsp3) is 0.529. The summed E-state index contributed by atoms with van der Waals surface area (Å²) < 4.78 is 7.72. The summed E-state index contributed by atoms with van der Waals surface area (Å²) in [6, 6.07) is 3.35. The van der Waals surface area contributed by atoms with Gasteiger partial charge in [0, 0.05) is 19.9 Å². The molecule has 25 heavy (non-hydrogen) atoms. The topological polar surface area (TPSA) is 75.6 Å². The number of carboxylic acid groups (broad SMARTS) is 1. The van der Waals surface area contributed by atoms with Crippen molar-refractivity contribution in [1.82, 2.24) is 5.32 Å². The van der Waals surface area contributed by atoms with Crippen LogP contribution in [0.1, 0.15) is 18.9 Å². The zero-order chi connectivity index (χ0) is 19.2. The molecule has 0 aromatic heterocycles. The number of ether oxygens (including phenoxy) is 1. The first-order valence-electron chi connectivity index (χ1n) is 7.91. The normalized spacial score (nSPS) is 12.6. The molecule has 0 aliphatic carbocycles. The van der Waals surface area contributed by atoms with Crippen molar-refractivity contribution in [3.63, 3.8) is 0 Å². The molecule has 1 rings (SSSR count). The minimum absolute atomic E-state index is 0.0525. The molecule has 1 unspecified atom stereocenters. The first-order chi connectivity index (χ1) is 11.5. The third-order valence-corrected chi connectivity index (χ3v) is 4.88. The summed E-state index contributed by atoms with van der Waals surface area (Å²) in [5.74, 6) is -0.236. The Hall–Kier alpha value is -1.12. The maximum atomic E-state index is 11.4. The van der Waals surface area contributed by atoms with E-state index in [1.54, 1.807) is 0 Å². The second-order valence-electron chi connectivity index (χ2n) is 6.73. The van der Waals surface area contributed by atoms with Gasteiger partial charge in [-0.3, -0.25) is 4.79 Å². The molecular formula is C17H25Br2N2O4+. The van der Waals surface area contributed by atoms with E-state index in [1.165, 1.54) is 6.92 Å². The molecule has 0 aliphatic rings. The number of hydrogen-bond donors (Lipinski definition) is 2. The average molecular weight is 481 g/mol. The Morgan fingerprint density at radius 1 is 1.24 bits per heavy atom. The van der Waals surface area contributed by atoms with Gasteiger partial charge in [-0.25, -0.2) is 4.79 Å². The number of halogens is 2. The predicted molar refractivity (Wildman–Crippen MR) is 104 cm³/mol. The minimum Gasteiger partial charge on any atom is -0.491 e. The zero-order valence-electron chi connectivity index (χ0n) is 14.9. The van der Waals surface area contributed by atoms with Crippen LogP contribution in [-0.2, 0) is 16.0 Å². The highest BCUT2D eigenvalue weighted by molar-refractivity contribution is 9.11. The van der Waals surface area contributed by atoms with E-state index in [0.717, 1.165) is 14.5 Å². The van der Waals surface area contributed by atoms with Crippen LogP contribution in [0.3, 0.4) is 0 Å². The number of benzene rings is 1. The molecule has 6 nitrogen and oxygen atoms in total. The molecule has 0 radical (unpaired) electrons. The summed E-state index contributed by atoms with van der Waals surface area (Å²) in [6.45, 7) is 2.36. The van der Waals surface area contributed by atoms with Crippen LogP contribution in [0.25, 0.3) is 0 Å². The lowest BCUT2D eigenvalue weighted by Crippen LogP contribution is -2.50. The molecule has 2 N–H and O–H groups in total. The van der Waals surface area contributed by atoms with Crippen molar-refractivity contribution >= 4 is 43.7 Å². The van der Waals surface area contributed by atoms with Crippen molar-refractivity contribution in [3.05, 3.63) is 26.6 Å². The quantitative estimate of drug-likeness (QED) is 0.533. The molecule has 0 spiro atoms. The molecule has 8 heteroatoms. The number of hydrogen-bond acceptors (Lipinski definition) is 3. The lowest BCUT2D eigenvalue weighted by Gasteiger charge is -2.31. The van der Waals surface area contributed by atoms with E-state index >= 15 is 0 Å². The van der Waals surface area contributed by atoms with Crippen LogP contribution < -0.4 is 10.1 Å². The number of quaternary nitrogens is 1. The first kappa shape index (κ1) is 21.9. The Balaban J connectivity index is 2.70. The van der Waals surface area contributed by atoms with E-state index in [1.807, 2.05) is 33.3 Å². The first-order valence-corrected chi connectivity index (χ1v) is 9.50. The SMILES string of the molecule is CC(=O)NCCc1cc(Br)c(OCCC(C(=O)O)[N+](C)(C)C)c(Br)c1. The number of nitrogens with zero attached hydrogens (tertiary/aromatic N) is 1. The van der Waals surface area contributed by atoms with E-state index in [-0.39, 0.29) is 5.91 Å². The lowest BCUT2D eigenvalue weighted by molar-refractivity contribution is -0.887. The molecule has 0 fully saturated rings. The Kier molecular flexibility index (Phi) is 8.37. The van der Waals surface area contributed by atoms with Gasteiger partial charge in [-0.05, 0) is 56.0 Å². The highest BCUT2D eigenvalue weighted by atomic mass is 79.9. The van der Waals surface area contributed by atoms with Crippen molar-refractivity contribution in [2.75, 3.05) is 34.3 Å². The molecule has 0 bridgehead atoms. The predicted octanol–water partition coefficient (Wildman–Crippen LogP) is 2.82. The smallest absolute Gasteiger partial charge is 0.362 e. The molecule has 0 heterocycles. The number of nitrogens with one attached hydrogen (secondary N) is 1. The second kappa shape index (κ2) is 9.54. The van der Waals surface area contributed by atoms with E-state index in [2.05, 4.69) is 37.2 Å². The van der Waals surface area contributed by atoms with Gasteiger partial charge in [0.05, 0.1) is 36.7 Å². The zero-order valence-corrected chi connectivity index (χ0v) is 18.1. The van der Waals surface area contributed by atoms with Gasteiger partial charge in [-0.2, -0.15) is 0 Å². The Bertz CT molecular complexity index is 607. The number of carbonyl (C=O) groups excluding carboxylic acids is 1.